The van der Waals surface area contributed by atoms with Crippen LogP contribution in [0.5, 0.6) is 5.75 Å². The van der Waals surface area contributed by atoms with E-state index in [4.69, 9.17) is 4.74 Å². The monoisotopic (exact) mass is 629 g/mol. The summed E-state index contributed by atoms with van der Waals surface area (Å²) in [7, 11) is 3.24. The lowest BCUT2D eigenvalue weighted by atomic mass is 9.92. The number of fused-ring (bicyclic) bond motifs is 1. The number of pyridine rings is 2. The Morgan fingerprint density at radius 2 is 1.82 bits per heavy atom. The number of benzene rings is 2. The first-order chi connectivity index (χ1) is 20.9. The van der Waals surface area contributed by atoms with Gasteiger partial charge >= 0.3 is 6.18 Å². The molecule has 1 aliphatic rings. The number of aromatic nitrogens is 2. The second-order valence-electron chi connectivity index (χ2n) is 11.0. The largest absolute Gasteiger partial charge is 0.494 e. The van der Waals surface area contributed by atoms with Crippen LogP contribution in [0.4, 0.5) is 22.0 Å². The van der Waals surface area contributed by atoms with Gasteiger partial charge in [-0.1, -0.05) is 24.3 Å². The molecule has 0 fully saturated rings. The van der Waals surface area contributed by atoms with Crippen molar-refractivity contribution in [2.24, 2.45) is 0 Å². The minimum Gasteiger partial charge on any atom is -0.494 e. The van der Waals surface area contributed by atoms with Crippen LogP contribution in [0.3, 0.4) is 0 Å². The van der Waals surface area contributed by atoms with Crippen molar-refractivity contribution < 1.29 is 26.7 Å². The van der Waals surface area contributed by atoms with Gasteiger partial charge in [-0.25, -0.2) is 8.78 Å². The molecule has 0 N–H and O–H groups in total. The number of likely N-dealkylation sites (N-methyl/N-ethyl adjacent to an activating group) is 1. The zero-order chi connectivity index (χ0) is 31.8. The summed E-state index contributed by atoms with van der Waals surface area (Å²) in [5, 5.41) is 0.468. The van der Waals surface area contributed by atoms with E-state index < -0.39 is 40.9 Å². The summed E-state index contributed by atoms with van der Waals surface area (Å²) in [5.74, 6) is -1.35. The SMILES string of the molecule is COc1cccc(-c2c(C)c(Cc3c(F)cccc3C(F)(F)F)c3n(c2=O)C(CN(C)CCc2ncccc2C)CS3)c1F. The first-order valence-corrected chi connectivity index (χ1v) is 15.1. The first-order valence-electron chi connectivity index (χ1n) is 14.1. The molecule has 0 bridgehead atoms. The second kappa shape index (κ2) is 12.7. The van der Waals surface area contributed by atoms with Gasteiger partial charge in [-0.3, -0.25) is 14.3 Å². The molecule has 44 heavy (non-hydrogen) atoms. The van der Waals surface area contributed by atoms with Gasteiger partial charge in [0.15, 0.2) is 11.6 Å². The Morgan fingerprint density at radius 3 is 2.52 bits per heavy atom. The highest BCUT2D eigenvalue weighted by molar-refractivity contribution is 7.99. The van der Waals surface area contributed by atoms with Gasteiger partial charge in [-0.05, 0) is 61.9 Å². The summed E-state index contributed by atoms with van der Waals surface area (Å²) >= 11 is 1.35. The molecule has 2 aromatic carbocycles. The van der Waals surface area contributed by atoms with Crippen molar-refractivity contribution in [3.8, 4) is 16.9 Å². The van der Waals surface area contributed by atoms with Crippen molar-refractivity contribution in [1.29, 1.82) is 0 Å². The lowest BCUT2D eigenvalue weighted by Crippen LogP contribution is -2.35. The number of hydrogen-bond donors (Lipinski definition) is 0. The van der Waals surface area contributed by atoms with Crippen LogP contribution in [0.1, 0.15) is 39.6 Å². The number of hydrogen-bond acceptors (Lipinski definition) is 5. The number of rotatable bonds is 9. The van der Waals surface area contributed by atoms with E-state index in [-0.39, 0.29) is 22.9 Å². The maximum absolute atomic E-state index is 15.6. The van der Waals surface area contributed by atoms with Gasteiger partial charge in [0.2, 0.25) is 0 Å². The van der Waals surface area contributed by atoms with Crippen LogP contribution in [0.2, 0.25) is 0 Å². The van der Waals surface area contributed by atoms with E-state index in [0.29, 0.717) is 41.4 Å². The van der Waals surface area contributed by atoms with Crippen molar-refractivity contribution >= 4 is 11.8 Å². The molecule has 5 nitrogen and oxygen atoms in total. The number of ether oxygens (including phenoxy) is 1. The second-order valence-corrected chi connectivity index (χ2v) is 12.0. The minimum atomic E-state index is -4.79. The van der Waals surface area contributed by atoms with Gasteiger partial charge in [-0.15, -0.1) is 11.8 Å². The van der Waals surface area contributed by atoms with E-state index in [9.17, 15) is 18.0 Å². The molecule has 1 aliphatic heterocycles. The Hall–Kier alpha value is -3.70. The minimum absolute atomic E-state index is 0.0179. The van der Waals surface area contributed by atoms with Crippen LogP contribution in [0.25, 0.3) is 11.1 Å². The molecule has 0 amide bonds. The molecule has 1 unspecified atom stereocenters. The molecule has 0 saturated carbocycles. The topological polar surface area (TPSA) is 47.4 Å². The number of halogens is 5. The van der Waals surface area contributed by atoms with E-state index in [2.05, 4.69) is 9.88 Å². The molecule has 1 atom stereocenters. The normalized spacial score (nSPS) is 14.7. The van der Waals surface area contributed by atoms with Gasteiger partial charge in [0.05, 0.1) is 29.3 Å². The lowest BCUT2D eigenvalue weighted by molar-refractivity contribution is -0.138. The Bertz CT molecular complexity index is 1760. The van der Waals surface area contributed by atoms with Gasteiger partial charge in [0.25, 0.3) is 5.56 Å². The summed E-state index contributed by atoms with van der Waals surface area (Å²) in [5.41, 5.74) is 0.642. The maximum Gasteiger partial charge on any atom is 0.416 e. The number of thioether (sulfide) groups is 1. The molecule has 5 rings (SSSR count). The number of nitrogens with zero attached hydrogens (tertiary/aromatic N) is 3. The zero-order valence-electron chi connectivity index (χ0n) is 24.8. The molecular weight excluding hydrogens is 597 g/mol. The van der Waals surface area contributed by atoms with E-state index in [1.54, 1.807) is 23.8 Å². The fraction of sp³-hybridized carbons (Fsp3) is 0.333. The molecule has 3 heterocycles. The zero-order valence-corrected chi connectivity index (χ0v) is 25.6. The predicted molar refractivity (Wildman–Crippen MR) is 162 cm³/mol. The van der Waals surface area contributed by atoms with Crippen molar-refractivity contribution in [3.05, 3.63) is 110 Å². The van der Waals surface area contributed by atoms with Crippen LogP contribution in [0, 0.1) is 25.5 Å². The predicted octanol–water partition coefficient (Wildman–Crippen LogP) is 7.24. The smallest absolute Gasteiger partial charge is 0.416 e. The first kappa shape index (κ1) is 31.7. The van der Waals surface area contributed by atoms with Crippen molar-refractivity contribution in [2.45, 2.75) is 43.9 Å². The van der Waals surface area contributed by atoms with E-state index >= 15 is 8.78 Å². The molecule has 4 aromatic rings. The van der Waals surface area contributed by atoms with Gasteiger partial charge in [0.1, 0.15) is 5.82 Å². The number of aryl methyl sites for hydroxylation is 1. The van der Waals surface area contributed by atoms with Gasteiger partial charge in [0, 0.05) is 54.7 Å². The number of methoxy groups -OCH3 is 1. The quantitative estimate of drug-likeness (QED) is 0.183. The Labute approximate surface area is 256 Å². The summed E-state index contributed by atoms with van der Waals surface area (Å²) in [6.45, 7) is 4.69. The molecule has 0 spiro atoms. The maximum atomic E-state index is 15.6. The highest BCUT2D eigenvalue weighted by Crippen LogP contribution is 2.42. The van der Waals surface area contributed by atoms with Gasteiger partial charge in [-0.2, -0.15) is 13.2 Å². The molecule has 0 aliphatic carbocycles. The summed E-state index contributed by atoms with van der Waals surface area (Å²) < 4.78 is 79.3. The van der Waals surface area contributed by atoms with E-state index in [1.165, 1.54) is 31.0 Å². The summed E-state index contributed by atoms with van der Waals surface area (Å²) in [6, 6.07) is 10.8. The van der Waals surface area contributed by atoms with Crippen molar-refractivity contribution in [2.75, 3.05) is 33.0 Å². The molecule has 0 saturated heterocycles. The van der Waals surface area contributed by atoms with Crippen LogP contribution in [0.15, 0.2) is 64.5 Å². The third-order valence-corrected chi connectivity index (χ3v) is 9.38. The van der Waals surface area contributed by atoms with Gasteiger partial charge < -0.3 is 9.64 Å². The summed E-state index contributed by atoms with van der Waals surface area (Å²) in [4.78, 5) is 20.7. The standard InChI is InChI=1S/C33H32F5N3O2S/c1-19-8-7-14-39-27(19)13-15-40(3)17-21-18-44-32-23(16-24-25(33(36,37)38)10-6-11-26(24)34)20(2)29(31(42)41(21)32)22-9-5-12-28(43-4)30(22)35/h5-12,14,21H,13,15-18H2,1-4H3. The van der Waals surface area contributed by atoms with E-state index in [0.717, 1.165) is 29.5 Å². The highest BCUT2D eigenvalue weighted by Gasteiger charge is 2.37. The highest BCUT2D eigenvalue weighted by atomic mass is 32.2. The summed E-state index contributed by atoms with van der Waals surface area (Å²) in [6.07, 6.45) is -2.77. The van der Waals surface area contributed by atoms with Crippen LogP contribution in [-0.2, 0) is 19.0 Å². The molecule has 11 heteroatoms. The number of alkyl halides is 3. The lowest BCUT2D eigenvalue weighted by Gasteiger charge is -2.25. The Balaban J connectivity index is 1.62. The third kappa shape index (κ3) is 6.12. The van der Waals surface area contributed by atoms with Crippen LogP contribution < -0.4 is 10.3 Å². The molecular formula is C33H32F5N3O2S. The fourth-order valence-corrected chi connectivity index (χ4v) is 7.17. The average Bonchev–Trinajstić information content (AvgIpc) is 3.39. The Morgan fingerprint density at radius 1 is 1.07 bits per heavy atom. The Kier molecular flexibility index (Phi) is 9.17. The van der Waals surface area contributed by atoms with Crippen molar-refractivity contribution in [1.82, 2.24) is 14.5 Å². The third-order valence-electron chi connectivity index (χ3n) is 8.12. The molecule has 232 valence electrons. The molecule has 2 aromatic heterocycles. The van der Waals surface area contributed by atoms with Crippen LogP contribution in [-0.4, -0.2) is 47.5 Å². The molecule has 0 radical (unpaired) electrons. The fourth-order valence-electron chi connectivity index (χ4n) is 5.80. The van der Waals surface area contributed by atoms with Crippen molar-refractivity contribution in [3.63, 3.8) is 0 Å². The average molecular weight is 630 g/mol. The van der Waals surface area contributed by atoms with Crippen LogP contribution >= 0.6 is 11.8 Å². The van der Waals surface area contributed by atoms with E-state index in [1.807, 2.05) is 26.1 Å².